The third kappa shape index (κ3) is 6.31. The number of amides is 2. The first-order valence-corrected chi connectivity index (χ1v) is 10.9. The highest BCUT2D eigenvalue weighted by molar-refractivity contribution is 9.10. The Balaban J connectivity index is 1.37. The van der Waals surface area contributed by atoms with E-state index >= 15 is 0 Å². The standard InChI is InChI=1S/C22H23BrClN3O3/c23-17-3-1-16(2-4-17)20(28)9-10-21(29)25-15-22(30)27-13-11-26(12-14-27)19-7-5-18(24)6-8-19/h1-8H,9-15H2,(H,25,29). The number of anilines is 1. The number of hydrogen-bond donors (Lipinski definition) is 1. The van der Waals surface area contributed by atoms with Crippen LogP contribution in [-0.4, -0.2) is 55.2 Å². The molecule has 2 amide bonds. The average Bonchev–Trinajstić information content (AvgIpc) is 2.77. The fraction of sp³-hybridized carbons (Fsp3) is 0.318. The first-order chi connectivity index (χ1) is 14.4. The molecule has 2 aromatic carbocycles. The topological polar surface area (TPSA) is 69.7 Å². The molecule has 1 aliphatic rings. The van der Waals surface area contributed by atoms with E-state index in [0.717, 1.165) is 23.2 Å². The molecule has 0 bridgehead atoms. The van der Waals surface area contributed by atoms with Crippen molar-refractivity contribution in [3.05, 3.63) is 63.6 Å². The highest BCUT2D eigenvalue weighted by Crippen LogP contribution is 2.19. The lowest BCUT2D eigenvalue weighted by Gasteiger charge is -2.36. The van der Waals surface area contributed by atoms with Crippen LogP contribution in [0.15, 0.2) is 53.0 Å². The van der Waals surface area contributed by atoms with Crippen LogP contribution in [-0.2, 0) is 9.59 Å². The summed E-state index contributed by atoms with van der Waals surface area (Å²) in [5.74, 6) is -0.505. The summed E-state index contributed by atoms with van der Waals surface area (Å²) in [5.41, 5.74) is 1.65. The Labute approximate surface area is 189 Å². The SMILES string of the molecule is O=C(CCC(=O)c1ccc(Br)cc1)NCC(=O)N1CCN(c2ccc(Cl)cc2)CC1. The Kier molecular flexibility index (Phi) is 7.87. The minimum atomic E-state index is -0.298. The number of carbonyl (C=O) groups is 3. The second kappa shape index (κ2) is 10.6. The molecule has 0 atom stereocenters. The second-order valence-corrected chi connectivity index (χ2v) is 8.40. The van der Waals surface area contributed by atoms with Gasteiger partial charge in [0, 0.05) is 59.8 Å². The van der Waals surface area contributed by atoms with Crippen molar-refractivity contribution in [2.24, 2.45) is 0 Å². The van der Waals surface area contributed by atoms with Gasteiger partial charge in [-0.2, -0.15) is 0 Å². The van der Waals surface area contributed by atoms with Crippen LogP contribution in [0, 0.1) is 0 Å². The highest BCUT2D eigenvalue weighted by Gasteiger charge is 2.21. The van der Waals surface area contributed by atoms with Crippen molar-refractivity contribution in [3.63, 3.8) is 0 Å². The molecule has 1 aliphatic heterocycles. The van der Waals surface area contributed by atoms with Gasteiger partial charge < -0.3 is 15.1 Å². The Morgan fingerprint density at radius 1 is 0.900 bits per heavy atom. The Morgan fingerprint density at radius 2 is 1.53 bits per heavy atom. The van der Waals surface area contributed by atoms with Gasteiger partial charge in [-0.1, -0.05) is 39.7 Å². The summed E-state index contributed by atoms with van der Waals surface area (Å²) < 4.78 is 0.893. The third-order valence-corrected chi connectivity index (χ3v) is 5.79. The molecule has 6 nitrogen and oxygen atoms in total. The van der Waals surface area contributed by atoms with Crippen molar-refractivity contribution >= 4 is 50.8 Å². The Morgan fingerprint density at radius 3 is 2.17 bits per heavy atom. The lowest BCUT2D eigenvalue weighted by atomic mass is 10.1. The first-order valence-electron chi connectivity index (χ1n) is 9.76. The number of nitrogens with zero attached hydrogens (tertiary/aromatic N) is 2. The van der Waals surface area contributed by atoms with Crippen molar-refractivity contribution < 1.29 is 14.4 Å². The van der Waals surface area contributed by atoms with Crippen LogP contribution < -0.4 is 10.2 Å². The number of hydrogen-bond acceptors (Lipinski definition) is 4. The number of rotatable bonds is 7. The van der Waals surface area contributed by atoms with Gasteiger partial charge >= 0.3 is 0 Å². The van der Waals surface area contributed by atoms with Gasteiger partial charge in [0.1, 0.15) is 0 Å². The van der Waals surface area contributed by atoms with Crippen LogP contribution in [0.3, 0.4) is 0 Å². The van der Waals surface area contributed by atoms with Gasteiger partial charge in [-0.15, -0.1) is 0 Å². The molecule has 158 valence electrons. The van der Waals surface area contributed by atoms with E-state index in [-0.39, 0.29) is 37.0 Å². The molecule has 2 aromatic rings. The fourth-order valence-electron chi connectivity index (χ4n) is 3.25. The maximum absolute atomic E-state index is 12.4. The van der Waals surface area contributed by atoms with E-state index in [4.69, 9.17) is 11.6 Å². The quantitative estimate of drug-likeness (QED) is 0.601. The van der Waals surface area contributed by atoms with Crippen LogP contribution in [0.25, 0.3) is 0 Å². The summed E-state index contributed by atoms with van der Waals surface area (Å²) in [6.07, 6.45) is 0.175. The monoisotopic (exact) mass is 491 g/mol. The van der Waals surface area contributed by atoms with E-state index in [1.54, 1.807) is 29.2 Å². The van der Waals surface area contributed by atoms with Crippen LogP contribution in [0.4, 0.5) is 5.69 Å². The van der Waals surface area contributed by atoms with Crippen LogP contribution in [0.2, 0.25) is 5.02 Å². The number of benzene rings is 2. The zero-order valence-corrected chi connectivity index (χ0v) is 18.8. The molecule has 1 fully saturated rings. The summed E-state index contributed by atoms with van der Waals surface area (Å²) in [4.78, 5) is 40.5. The lowest BCUT2D eigenvalue weighted by molar-refractivity contribution is -0.133. The van der Waals surface area contributed by atoms with E-state index in [0.29, 0.717) is 23.7 Å². The van der Waals surface area contributed by atoms with Crippen molar-refractivity contribution in [1.82, 2.24) is 10.2 Å². The number of Topliss-reactive ketones (excluding diaryl/α,β-unsaturated/α-hetero) is 1. The molecule has 1 N–H and O–H groups in total. The van der Waals surface area contributed by atoms with Gasteiger partial charge in [-0.05, 0) is 36.4 Å². The van der Waals surface area contributed by atoms with Crippen LogP contribution >= 0.6 is 27.5 Å². The molecule has 1 saturated heterocycles. The summed E-state index contributed by atoms with van der Waals surface area (Å²) in [5, 5.41) is 3.32. The van der Waals surface area contributed by atoms with E-state index in [2.05, 4.69) is 26.1 Å². The summed E-state index contributed by atoms with van der Waals surface area (Å²) in [7, 11) is 0. The second-order valence-electron chi connectivity index (χ2n) is 7.05. The van der Waals surface area contributed by atoms with Crippen molar-refractivity contribution in [2.75, 3.05) is 37.6 Å². The van der Waals surface area contributed by atoms with Gasteiger partial charge in [0.25, 0.3) is 0 Å². The number of ketones is 1. The fourth-order valence-corrected chi connectivity index (χ4v) is 3.64. The molecule has 0 aliphatic carbocycles. The Bertz CT molecular complexity index is 895. The van der Waals surface area contributed by atoms with E-state index in [9.17, 15) is 14.4 Å². The van der Waals surface area contributed by atoms with Gasteiger partial charge in [0.05, 0.1) is 6.54 Å². The molecule has 8 heteroatoms. The molecule has 0 saturated carbocycles. The van der Waals surface area contributed by atoms with Gasteiger partial charge in [-0.3, -0.25) is 14.4 Å². The maximum Gasteiger partial charge on any atom is 0.242 e. The maximum atomic E-state index is 12.4. The van der Waals surface area contributed by atoms with Crippen molar-refractivity contribution in [1.29, 1.82) is 0 Å². The minimum absolute atomic E-state index is 0.0494. The number of carbonyl (C=O) groups excluding carboxylic acids is 3. The number of halogens is 2. The van der Waals surface area contributed by atoms with Crippen molar-refractivity contribution in [3.8, 4) is 0 Å². The van der Waals surface area contributed by atoms with E-state index in [1.807, 2.05) is 24.3 Å². The average molecular weight is 493 g/mol. The first kappa shape index (κ1) is 22.3. The van der Waals surface area contributed by atoms with E-state index < -0.39 is 0 Å². The largest absolute Gasteiger partial charge is 0.368 e. The number of piperazine rings is 1. The van der Waals surface area contributed by atoms with Crippen LogP contribution in [0.5, 0.6) is 0 Å². The predicted molar refractivity (Wildman–Crippen MR) is 121 cm³/mol. The summed E-state index contributed by atoms with van der Waals surface area (Å²) in [6.45, 7) is 2.59. The lowest BCUT2D eigenvalue weighted by Crippen LogP contribution is -2.51. The Hall–Kier alpha value is -2.38. The molecule has 0 spiro atoms. The normalized spacial score (nSPS) is 13.8. The molecule has 0 aromatic heterocycles. The summed E-state index contributed by atoms with van der Waals surface area (Å²) in [6, 6.07) is 14.7. The molecule has 0 unspecified atom stereocenters. The molecule has 3 rings (SSSR count). The van der Waals surface area contributed by atoms with Gasteiger partial charge in [0.15, 0.2) is 5.78 Å². The third-order valence-electron chi connectivity index (χ3n) is 5.01. The van der Waals surface area contributed by atoms with Crippen molar-refractivity contribution in [2.45, 2.75) is 12.8 Å². The smallest absolute Gasteiger partial charge is 0.242 e. The van der Waals surface area contributed by atoms with Crippen LogP contribution in [0.1, 0.15) is 23.2 Å². The zero-order valence-electron chi connectivity index (χ0n) is 16.4. The molecular formula is C22H23BrClN3O3. The number of nitrogens with one attached hydrogen (secondary N) is 1. The molecular weight excluding hydrogens is 470 g/mol. The minimum Gasteiger partial charge on any atom is -0.368 e. The molecule has 30 heavy (non-hydrogen) atoms. The predicted octanol–water partition coefficient (Wildman–Crippen LogP) is 3.53. The molecule has 1 heterocycles. The zero-order chi connectivity index (χ0) is 21.5. The van der Waals surface area contributed by atoms with Gasteiger partial charge in [-0.25, -0.2) is 0 Å². The van der Waals surface area contributed by atoms with E-state index in [1.165, 1.54) is 0 Å². The summed E-state index contributed by atoms with van der Waals surface area (Å²) >= 11 is 9.25. The van der Waals surface area contributed by atoms with Gasteiger partial charge in [0.2, 0.25) is 11.8 Å². The molecule has 0 radical (unpaired) electrons. The highest BCUT2D eigenvalue weighted by atomic mass is 79.9.